The lowest BCUT2D eigenvalue weighted by Gasteiger charge is -2.06. The maximum absolute atomic E-state index is 13.3. The van der Waals surface area contributed by atoms with Gasteiger partial charge in [0.15, 0.2) is 11.6 Å². The van der Waals surface area contributed by atoms with Gasteiger partial charge in [-0.25, -0.2) is 4.39 Å². The Morgan fingerprint density at radius 1 is 0.727 bits per heavy atom. The van der Waals surface area contributed by atoms with Crippen LogP contribution in [-0.4, -0.2) is 16.1 Å². The highest BCUT2D eigenvalue weighted by molar-refractivity contribution is 6.17. The van der Waals surface area contributed by atoms with Gasteiger partial charge in [-0.15, -0.1) is 0 Å². The standard InChI is InChI=1S/C29H22FNO2/c1-3-31-26-14-10-20(28(32)19-8-12-22(30)13-9-19)16-24(26)25-17-21(11-15-27(25)31)29(33)23-7-5-4-6-18(23)2/h4-17H,3H2,1-2H3. The van der Waals surface area contributed by atoms with Crippen molar-refractivity contribution in [3.8, 4) is 0 Å². The average molecular weight is 435 g/mol. The van der Waals surface area contributed by atoms with Gasteiger partial charge < -0.3 is 4.57 Å². The second-order valence-electron chi connectivity index (χ2n) is 8.19. The lowest BCUT2D eigenvalue weighted by Crippen LogP contribution is -2.03. The van der Waals surface area contributed by atoms with Gasteiger partial charge in [0, 0.05) is 50.6 Å². The van der Waals surface area contributed by atoms with Gasteiger partial charge in [0.1, 0.15) is 5.82 Å². The Morgan fingerprint density at radius 3 is 1.85 bits per heavy atom. The molecule has 0 unspecified atom stereocenters. The zero-order chi connectivity index (χ0) is 23.1. The summed E-state index contributed by atoms with van der Waals surface area (Å²) in [4.78, 5) is 26.2. The summed E-state index contributed by atoms with van der Waals surface area (Å²) < 4.78 is 15.5. The molecule has 0 bridgehead atoms. The van der Waals surface area contributed by atoms with E-state index in [0.717, 1.165) is 33.9 Å². The zero-order valence-corrected chi connectivity index (χ0v) is 18.4. The molecule has 3 nitrogen and oxygen atoms in total. The van der Waals surface area contributed by atoms with Crippen LogP contribution in [0.4, 0.5) is 4.39 Å². The monoisotopic (exact) mass is 435 g/mol. The van der Waals surface area contributed by atoms with Crippen LogP contribution >= 0.6 is 0 Å². The number of hydrogen-bond donors (Lipinski definition) is 0. The first kappa shape index (κ1) is 20.8. The number of rotatable bonds is 5. The topological polar surface area (TPSA) is 39.1 Å². The molecule has 33 heavy (non-hydrogen) atoms. The molecular weight excluding hydrogens is 413 g/mol. The van der Waals surface area contributed by atoms with E-state index in [9.17, 15) is 14.0 Å². The van der Waals surface area contributed by atoms with Crippen LogP contribution in [-0.2, 0) is 6.54 Å². The molecule has 0 aliphatic rings. The first-order valence-electron chi connectivity index (χ1n) is 10.9. The molecule has 0 saturated heterocycles. The van der Waals surface area contributed by atoms with Crippen LogP contribution in [0.3, 0.4) is 0 Å². The molecule has 0 fully saturated rings. The van der Waals surface area contributed by atoms with Crippen molar-refractivity contribution in [1.29, 1.82) is 0 Å². The van der Waals surface area contributed by atoms with Crippen molar-refractivity contribution < 1.29 is 14.0 Å². The van der Waals surface area contributed by atoms with Crippen molar-refractivity contribution in [3.05, 3.63) is 119 Å². The van der Waals surface area contributed by atoms with E-state index in [2.05, 4.69) is 11.5 Å². The van der Waals surface area contributed by atoms with E-state index in [1.54, 1.807) is 6.07 Å². The summed E-state index contributed by atoms with van der Waals surface area (Å²) in [5, 5.41) is 1.85. The van der Waals surface area contributed by atoms with E-state index >= 15 is 0 Å². The fraction of sp³-hybridized carbons (Fsp3) is 0.103. The number of halogens is 1. The molecule has 5 aromatic rings. The van der Waals surface area contributed by atoms with Gasteiger partial charge in [-0.2, -0.15) is 0 Å². The normalized spacial score (nSPS) is 11.2. The second kappa shape index (κ2) is 8.14. The van der Waals surface area contributed by atoms with Crippen LogP contribution in [0.1, 0.15) is 44.3 Å². The number of hydrogen-bond acceptors (Lipinski definition) is 2. The van der Waals surface area contributed by atoms with Crippen molar-refractivity contribution in [2.75, 3.05) is 0 Å². The number of benzene rings is 4. The summed E-state index contributed by atoms with van der Waals surface area (Å²) in [6.07, 6.45) is 0. The van der Waals surface area contributed by atoms with Gasteiger partial charge in [0.2, 0.25) is 0 Å². The quantitative estimate of drug-likeness (QED) is 0.287. The van der Waals surface area contributed by atoms with Gasteiger partial charge in [0.25, 0.3) is 0 Å². The van der Waals surface area contributed by atoms with Gasteiger partial charge in [-0.1, -0.05) is 24.3 Å². The zero-order valence-electron chi connectivity index (χ0n) is 18.4. The third kappa shape index (κ3) is 3.54. The summed E-state index contributed by atoms with van der Waals surface area (Å²) in [5.41, 5.74) is 5.21. The molecule has 0 spiro atoms. The predicted octanol–water partition coefficient (Wildman–Crippen LogP) is 6.72. The van der Waals surface area contributed by atoms with Crippen molar-refractivity contribution in [2.45, 2.75) is 20.4 Å². The van der Waals surface area contributed by atoms with Crippen LogP contribution in [0.5, 0.6) is 0 Å². The molecule has 0 atom stereocenters. The van der Waals surface area contributed by atoms with Crippen molar-refractivity contribution in [2.24, 2.45) is 0 Å². The van der Waals surface area contributed by atoms with Gasteiger partial charge >= 0.3 is 0 Å². The Morgan fingerprint density at radius 2 is 1.27 bits per heavy atom. The SMILES string of the molecule is CCn1c2ccc(C(=O)c3ccc(F)cc3)cc2c2cc(C(=O)c3ccccc3C)ccc21. The number of carbonyl (C=O) groups excluding carboxylic acids is 2. The molecule has 0 amide bonds. The summed E-state index contributed by atoms with van der Waals surface area (Å²) in [5.74, 6) is -0.564. The molecule has 0 N–H and O–H groups in total. The first-order valence-corrected chi connectivity index (χ1v) is 10.9. The summed E-state index contributed by atoms with van der Waals surface area (Å²) in [6, 6.07) is 24.5. The lowest BCUT2D eigenvalue weighted by atomic mass is 9.97. The van der Waals surface area contributed by atoms with Gasteiger partial charge in [-0.05, 0) is 80.1 Å². The summed E-state index contributed by atoms with van der Waals surface area (Å²) in [6.45, 7) is 4.77. The third-order valence-electron chi connectivity index (χ3n) is 6.20. The number of carbonyl (C=O) groups is 2. The largest absolute Gasteiger partial charge is 0.341 e. The third-order valence-corrected chi connectivity index (χ3v) is 6.20. The van der Waals surface area contributed by atoms with Crippen molar-refractivity contribution in [3.63, 3.8) is 0 Å². The Hall–Kier alpha value is -4.05. The Balaban J connectivity index is 1.67. The molecule has 4 heteroatoms. The van der Waals surface area contributed by atoms with E-state index < -0.39 is 0 Å². The molecule has 0 radical (unpaired) electrons. The predicted molar refractivity (Wildman–Crippen MR) is 130 cm³/mol. The fourth-order valence-corrected chi connectivity index (χ4v) is 4.48. The average Bonchev–Trinajstić information content (AvgIpc) is 3.16. The van der Waals surface area contributed by atoms with Gasteiger partial charge in [0.05, 0.1) is 0 Å². The lowest BCUT2D eigenvalue weighted by molar-refractivity contribution is 0.103. The maximum atomic E-state index is 13.3. The van der Waals surface area contributed by atoms with Crippen LogP contribution in [0, 0.1) is 12.7 Å². The summed E-state index contributed by atoms with van der Waals surface area (Å²) >= 11 is 0. The maximum Gasteiger partial charge on any atom is 0.193 e. The Labute approximate surface area is 191 Å². The number of nitrogens with zero attached hydrogens (tertiary/aromatic N) is 1. The number of aryl methyl sites for hydroxylation is 2. The minimum absolute atomic E-state index is 0.0223. The van der Waals surface area contributed by atoms with Crippen LogP contribution in [0.15, 0.2) is 84.9 Å². The van der Waals surface area contributed by atoms with Crippen LogP contribution in [0.25, 0.3) is 21.8 Å². The minimum Gasteiger partial charge on any atom is -0.341 e. The number of ketones is 2. The molecule has 4 aromatic carbocycles. The van der Waals surface area contributed by atoms with E-state index in [4.69, 9.17) is 0 Å². The summed E-state index contributed by atoms with van der Waals surface area (Å²) in [7, 11) is 0. The van der Waals surface area contributed by atoms with Crippen LogP contribution in [0.2, 0.25) is 0 Å². The molecule has 0 saturated carbocycles. The van der Waals surface area contributed by atoms with E-state index in [-0.39, 0.29) is 17.4 Å². The Kier molecular flexibility index (Phi) is 5.14. The molecule has 1 heterocycles. The highest BCUT2D eigenvalue weighted by Gasteiger charge is 2.17. The van der Waals surface area contributed by atoms with E-state index in [1.807, 2.05) is 61.5 Å². The fourth-order valence-electron chi connectivity index (χ4n) is 4.48. The number of aromatic nitrogens is 1. The van der Waals surface area contributed by atoms with Gasteiger partial charge in [-0.3, -0.25) is 9.59 Å². The molecule has 5 rings (SSSR count). The smallest absolute Gasteiger partial charge is 0.193 e. The molecule has 0 aliphatic heterocycles. The molecular formula is C29H22FNO2. The van der Waals surface area contributed by atoms with E-state index in [0.29, 0.717) is 22.3 Å². The second-order valence-corrected chi connectivity index (χ2v) is 8.19. The van der Waals surface area contributed by atoms with E-state index in [1.165, 1.54) is 24.3 Å². The number of fused-ring (bicyclic) bond motifs is 3. The minimum atomic E-state index is -0.376. The highest BCUT2D eigenvalue weighted by Crippen LogP contribution is 2.32. The van der Waals surface area contributed by atoms with Crippen LogP contribution < -0.4 is 0 Å². The Bertz CT molecular complexity index is 1540. The molecule has 1 aromatic heterocycles. The van der Waals surface area contributed by atoms with Crippen molar-refractivity contribution >= 4 is 33.4 Å². The molecule has 0 aliphatic carbocycles. The first-order chi connectivity index (χ1) is 16.0. The van der Waals surface area contributed by atoms with Crippen molar-refractivity contribution in [1.82, 2.24) is 4.57 Å². The molecule has 162 valence electrons. The highest BCUT2D eigenvalue weighted by atomic mass is 19.1.